The highest BCUT2D eigenvalue weighted by Crippen LogP contribution is 2.23. The molecule has 9 heteroatoms. The van der Waals surface area contributed by atoms with Crippen LogP contribution in [0.3, 0.4) is 0 Å². The normalized spacial score (nSPS) is 14.6. The zero-order valence-corrected chi connectivity index (χ0v) is 16.9. The average molecular weight is 422 g/mol. The minimum Gasteiger partial charge on any atom is -0.494 e. The van der Waals surface area contributed by atoms with Gasteiger partial charge in [0.15, 0.2) is 11.6 Å². The maximum atomic E-state index is 13.7. The molecule has 0 atom stereocenters. The van der Waals surface area contributed by atoms with Crippen molar-refractivity contribution in [3.63, 3.8) is 0 Å². The first-order chi connectivity index (χ1) is 13.9. The van der Waals surface area contributed by atoms with Crippen LogP contribution in [0.2, 0.25) is 0 Å². The van der Waals surface area contributed by atoms with E-state index < -0.39 is 21.7 Å². The third-order valence-electron chi connectivity index (χ3n) is 4.60. The number of nitrogens with one attached hydrogen (secondary N) is 1. The number of rotatable bonds is 8. The maximum absolute atomic E-state index is 13.7. The number of nitrogens with zero attached hydrogens (tertiary/aromatic N) is 1. The van der Waals surface area contributed by atoms with Crippen molar-refractivity contribution in [1.29, 1.82) is 0 Å². The summed E-state index contributed by atoms with van der Waals surface area (Å²) >= 11 is 0. The summed E-state index contributed by atoms with van der Waals surface area (Å²) in [4.78, 5) is 12.3. The van der Waals surface area contributed by atoms with Crippen LogP contribution in [0.15, 0.2) is 47.4 Å². The first-order valence-corrected chi connectivity index (χ1v) is 10.7. The molecule has 0 aliphatic carbocycles. The van der Waals surface area contributed by atoms with E-state index in [1.165, 1.54) is 35.7 Å². The summed E-state index contributed by atoms with van der Waals surface area (Å²) in [6.07, 6.45) is 1.77. The van der Waals surface area contributed by atoms with Crippen LogP contribution in [0.4, 0.5) is 4.39 Å². The average Bonchev–Trinajstić information content (AvgIpc) is 3.27. The Morgan fingerprint density at radius 1 is 1.14 bits per heavy atom. The predicted molar refractivity (Wildman–Crippen MR) is 105 cm³/mol. The molecule has 0 saturated carbocycles. The highest BCUT2D eigenvalue weighted by Gasteiger charge is 2.26. The number of benzene rings is 2. The molecule has 0 radical (unpaired) electrons. The molecule has 1 amide bonds. The molecule has 1 fully saturated rings. The van der Waals surface area contributed by atoms with Gasteiger partial charge in [0.1, 0.15) is 12.4 Å². The standard InChI is InChI=1S/C20H23FN2O5S/c1-27-19-9-4-15(14-18(19)21)20(24)22-10-13-28-16-5-7-17(8-6-16)29(25,26)23-11-2-3-12-23/h4-9,14H,2-3,10-13H2,1H3,(H,22,24). The van der Waals surface area contributed by atoms with Crippen molar-refractivity contribution in [2.75, 3.05) is 33.4 Å². The molecule has 1 aliphatic rings. The van der Waals surface area contributed by atoms with E-state index in [0.717, 1.165) is 18.9 Å². The molecule has 0 bridgehead atoms. The third-order valence-corrected chi connectivity index (χ3v) is 6.51. The summed E-state index contributed by atoms with van der Waals surface area (Å²) in [5.74, 6) is -0.474. The Labute approximate surface area is 169 Å². The van der Waals surface area contributed by atoms with Gasteiger partial charge in [-0.2, -0.15) is 4.31 Å². The number of methoxy groups -OCH3 is 1. The van der Waals surface area contributed by atoms with Crippen molar-refractivity contribution in [1.82, 2.24) is 9.62 Å². The van der Waals surface area contributed by atoms with Crippen LogP contribution in [0.1, 0.15) is 23.2 Å². The summed E-state index contributed by atoms with van der Waals surface area (Å²) in [6, 6.07) is 10.2. The van der Waals surface area contributed by atoms with Crippen molar-refractivity contribution < 1.29 is 27.1 Å². The molecule has 0 spiro atoms. The summed E-state index contributed by atoms with van der Waals surface area (Å²) in [5, 5.41) is 2.63. The molecule has 2 aromatic carbocycles. The Balaban J connectivity index is 1.48. The molecule has 1 heterocycles. The van der Waals surface area contributed by atoms with Crippen LogP contribution in [0.25, 0.3) is 0 Å². The number of carbonyl (C=O) groups is 1. The van der Waals surface area contributed by atoms with Gasteiger partial charge in [-0.05, 0) is 55.3 Å². The van der Waals surface area contributed by atoms with E-state index in [9.17, 15) is 17.6 Å². The van der Waals surface area contributed by atoms with Crippen molar-refractivity contribution in [3.05, 3.63) is 53.8 Å². The topological polar surface area (TPSA) is 84.9 Å². The fourth-order valence-electron chi connectivity index (χ4n) is 3.03. The molecule has 1 saturated heterocycles. The summed E-state index contributed by atoms with van der Waals surface area (Å²) in [5.41, 5.74) is 0.180. The maximum Gasteiger partial charge on any atom is 0.251 e. The van der Waals surface area contributed by atoms with Gasteiger partial charge in [0.25, 0.3) is 5.91 Å². The molecular formula is C20H23FN2O5S. The SMILES string of the molecule is COc1ccc(C(=O)NCCOc2ccc(S(=O)(=O)N3CCCC3)cc2)cc1F. The Morgan fingerprint density at radius 2 is 1.83 bits per heavy atom. The lowest BCUT2D eigenvalue weighted by atomic mass is 10.2. The molecule has 0 unspecified atom stereocenters. The van der Waals surface area contributed by atoms with Crippen molar-refractivity contribution >= 4 is 15.9 Å². The quantitative estimate of drug-likeness (QED) is 0.661. The summed E-state index contributed by atoms with van der Waals surface area (Å²) < 4.78 is 50.5. The van der Waals surface area contributed by atoms with Crippen LogP contribution in [-0.4, -0.2) is 52.0 Å². The van der Waals surface area contributed by atoms with Crippen LogP contribution >= 0.6 is 0 Å². The van der Waals surface area contributed by atoms with Gasteiger partial charge in [-0.3, -0.25) is 4.79 Å². The fraction of sp³-hybridized carbons (Fsp3) is 0.350. The van der Waals surface area contributed by atoms with Crippen molar-refractivity contribution in [2.24, 2.45) is 0 Å². The fourth-order valence-corrected chi connectivity index (χ4v) is 4.55. The Bertz CT molecular complexity index is 957. The second-order valence-corrected chi connectivity index (χ2v) is 8.47. The number of amides is 1. The lowest BCUT2D eigenvalue weighted by molar-refractivity contribution is 0.0946. The molecule has 3 rings (SSSR count). The third kappa shape index (κ3) is 5.04. The largest absolute Gasteiger partial charge is 0.494 e. The highest BCUT2D eigenvalue weighted by atomic mass is 32.2. The number of carbonyl (C=O) groups excluding carboxylic acids is 1. The van der Waals surface area contributed by atoms with E-state index in [4.69, 9.17) is 9.47 Å². The van der Waals surface area contributed by atoms with Gasteiger partial charge in [-0.1, -0.05) is 0 Å². The molecule has 1 N–H and O–H groups in total. The molecule has 2 aromatic rings. The van der Waals surface area contributed by atoms with E-state index in [2.05, 4.69) is 5.32 Å². The van der Waals surface area contributed by atoms with Crippen LogP contribution in [0, 0.1) is 5.82 Å². The monoisotopic (exact) mass is 422 g/mol. The number of sulfonamides is 1. The molecule has 29 heavy (non-hydrogen) atoms. The minimum absolute atomic E-state index is 0.0695. The number of halogens is 1. The zero-order chi connectivity index (χ0) is 20.9. The van der Waals surface area contributed by atoms with Gasteiger partial charge in [0.2, 0.25) is 10.0 Å². The number of ether oxygens (including phenoxy) is 2. The molecule has 156 valence electrons. The van der Waals surface area contributed by atoms with Crippen molar-refractivity contribution in [2.45, 2.75) is 17.7 Å². The second kappa shape index (κ2) is 9.23. The summed E-state index contributed by atoms with van der Waals surface area (Å²) in [6.45, 7) is 1.50. The van der Waals surface area contributed by atoms with Gasteiger partial charge in [-0.15, -0.1) is 0 Å². The van der Waals surface area contributed by atoms with E-state index in [1.807, 2.05) is 0 Å². The van der Waals surface area contributed by atoms with Crippen LogP contribution in [-0.2, 0) is 10.0 Å². The number of hydrogen-bond acceptors (Lipinski definition) is 5. The minimum atomic E-state index is -3.45. The Morgan fingerprint density at radius 3 is 2.45 bits per heavy atom. The molecular weight excluding hydrogens is 399 g/mol. The predicted octanol–water partition coefficient (Wildman–Crippen LogP) is 2.43. The van der Waals surface area contributed by atoms with Crippen LogP contribution < -0.4 is 14.8 Å². The van der Waals surface area contributed by atoms with E-state index in [-0.39, 0.29) is 29.4 Å². The van der Waals surface area contributed by atoms with E-state index in [1.54, 1.807) is 12.1 Å². The van der Waals surface area contributed by atoms with Crippen molar-refractivity contribution in [3.8, 4) is 11.5 Å². The lowest BCUT2D eigenvalue weighted by Gasteiger charge is -2.15. The van der Waals surface area contributed by atoms with E-state index in [0.29, 0.717) is 18.8 Å². The first kappa shape index (κ1) is 21.1. The van der Waals surface area contributed by atoms with E-state index >= 15 is 0 Å². The number of hydrogen-bond donors (Lipinski definition) is 1. The molecule has 7 nitrogen and oxygen atoms in total. The smallest absolute Gasteiger partial charge is 0.251 e. The lowest BCUT2D eigenvalue weighted by Crippen LogP contribution is -2.28. The van der Waals surface area contributed by atoms with Gasteiger partial charge in [-0.25, -0.2) is 12.8 Å². The van der Waals surface area contributed by atoms with Gasteiger partial charge >= 0.3 is 0 Å². The first-order valence-electron chi connectivity index (χ1n) is 9.26. The summed E-state index contributed by atoms with van der Waals surface area (Å²) in [7, 11) is -2.10. The van der Waals surface area contributed by atoms with Crippen LogP contribution in [0.5, 0.6) is 11.5 Å². The molecule has 1 aliphatic heterocycles. The second-order valence-electron chi connectivity index (χ2n) is 6.54. The Hall–Kier alpha value is -2.65. The molecule has 0 aromatic heterocycles. The van der Waals surface area contributed by atoms with Gasteiger partial charge < -0.3 is 14.8 Å². The van der Waals surface area contributed by atoms with Gasteiger partial charge in [0, 0.05) is 18.7 Å². The zero-order valence-electron chi connectivity index (χ0n) is 16.1. The highest BCUT2D eigenvalue weighted by molar-refractivity contribution is 7.89. The Kier molecular flexibility index (Phi) is 6.71. The van der Waals surface area contributed by atoms with Gasteiger partial charge in [0.05, 0.1) is 18.6 Å².